The van der Waals surface area contributed by atoms with Crippen molar-refractivity contribution < 1.29 is 0 Å². The second-order valence-corrected chi connectivity index (χ2v) is 7.42. The molecule has 2 nitrogen and oxygen atoms in total. The molecule has 0 bridgehead atoms. The number of rotatable bonds is 2. The molecule has 0 saturated carbocycles. The third-order valence-corrected chi connectivity index (χ3v) is 5.71. The van der Waals surface area contributed by atoms with Gasteiger partial charge in [0, 0.05) is 11.1 Å². The van der Waals surface area contributed by atoms with Gasteiger partial charge in [-0.05, 0) is 65.1 Å². The van der Waals surface area contributed by atoms with E-state index >= 15 is 0 Å². The summed E-state index contributed by atoms with van der Waals surface area (Å²) in [4.78, 5) is 8.59. The molecule has 1 aromatic heterocycles. The molecule has 5 rings (SSSR count). The lowest BCUT2D eigenvalue weighted by molar-refractivity contribution is 1.32. The number of hydrogen-bond donors (Lipinski definition) is 1. The van der Waals surface area contributed by atoms with E-state index in [-0.39, 0.29) is 0 Å². The monoisotopic (exact) mass is 372 g/mol. The molecule has 1 N–H and O–H groups in total. The van der Waals surface area contributed by atoms with Crippen LogP contribution in [0.4, 0.5) is 0 Å². The van der Waals surface area contributed by atoms with E-state index in [4.69, 9.17) is 11.4 Å². The van der Waals surface area contributed by atoms with E-state index in [0.29, 0.717) is 0 Å². The van der Waals surface area contributed by atoms with Crippen LogP contribution in [0.5, 0.6) is 0 Å². The molecule has 0 radical (unpaired) electrons. The van der Waals surface area contributed by atoms with Crippen LogP contribution in [-0.4, -0.2) is 9.97 Å². The number of aryl methyl sites for hydroxylation is 2. The number of fused-ring (bicyclic) bond motifs is 2. The van der Waals surface area contributed by atoms with Gasteiger partial charge < -0.3 is 4.98 Å². The molecule has 0 aliphatic rings. The number of H-pyrrole nitrogens is 1. The van der Waals surface area contributed by atoms with Crippen molar-refractivity contribution in [1.29, 1.82) is 0 Å². The normalized spacial score (nSPS) is 11.1. The van der Waals surface area contributed by atoms with Gasteiger partial charge >= 0.3 is 0 Å². The van der Waals surface area contributed by atoms with Gasteiger partial charge in [0.15, 0.2) is 0 Å². The second kappa shape index (κ2) is 6.65. The maximum Gasteiger partial charge on any atom is 0.139 e. The molecule has 0 atom stereocenters. The molecular weight excluding hydrogens is 352 g/mol. The fourth-order valence-corrected chi connectivity index (χ4v) is 3.94. The highest BCUT2D eigenvalue weighted by molar-refractivity contribution is 6.03. The Labute approximate surface area is 170 Å². The smallest absolute Gasteiger partial charge is 0.139 e. The molecule has 2 heteroatoms. The number of aromatic amines is 1. The average Bonchev–Trinajstić information content (AvgIpc) is 3.20. The number of benzene rings is 4. The molecule has 0 spiro atoms. The largest absolute Gasteiger partial charge is 0.338 e. The molecule has 4 aromatic carbocycles. The minimum absolute atomic E-state index is 0.880. The molecule has 138 valence electrons. The summed E-state index contributed by atoms with van der Waals surface area (Å²) in [6.07, 6.45) is 5.54. The summed E-state index contributed by atoms with van der Waals surface area (Å²) in [6.45, 7) is 4.25. The minimum atomic E-state index is 0.880. The predicted octanol–water partition coefficient (Wildman–Crippen LogP) is 6.65. The highest BCUT2D eigenvalue weighted by Gasteiger charge is 2.16. The molecule has 1 heterocycles. The van der Waals surface area contributed by atoms with Gasteiger partial charge in [0.25, 0.3) is 0 Å². The first kappa shape index (κ1) is 17.3. The lowest BCUT2D eigenvalue weighted by Gasteiger charge is -2.12. The Balaban J connectivity index is 1.83. The van der Waals surface area contributed by atoms with E-state index in [2.05, 4.69) is 85.4 Å². The summed E-state index contributed by atoms with van der Waals surface area (Å²) < 4.78 is 0. The third kappa shape index (κ3) is 2.80. The van der Waals surface area contributed by atoms with Gasteiger partial charge in [0.1, 0.15) is 5.82 Å². The van der Waals surface area contributed by atoms with Gasteiger partial charge in [-0.25, -0.2) is 4.98 Å². The molecule has 0 amide bonds. The van der Waals surface area contributed by atoms with Gasteiger partial charge in [-0.15, -0.1) is 6.42 Å². The molecule has 0 saturated heterocycles. The van der Waals surface area contributed by atoms with Crippen LogP contribution in [0.2, 0.25) is 0 Å². The van der Waals surface area contributed by atoms with E-state index in [0.717, 1.165) is 39.1 Å². The van der Waals surface area contributed by atoms with E-state index in [9.17, 15) is 0 Å². The van der Waals surface area contributed by atoms with Crippen LogP contribution in [0.3, 0.4) is 0 Å². The first-order valence-electron chi connectivity index (χ1n) is 9.71. The summed E-state index contributed by atoms with van der Waals surface area (Å²) in [5, 5.41) is 2.37. The topological polar surface area (TPSA) is 28.7 Å². The number of hydrogen-bond acceptors (Lipinski definition) is 1. The van der Waals surface area contributed by atoms with Crippen LogP contribution < -0.4 is 0 Å². The zero-order valence-corrected chi connectivity index (χ0v) is 16.5. The van der Waals surface area contributed by atoms with E-state index in [1.165, 1.54) is 21.9 Å². The van der Waals surface area contributed by atoms with Crippen molar-refractivity contribution in [1.82, 2.24) is 9.97 Å². The zero-order chi connectivity index (χ0) is 20.0. The highest BCUT2D eigenvalue weighted by Crippen LogP contribution is 2.38. The molecule has 0 aliphatic carbocycles. The van der Waals surface area contributed by atoms with Crippen molar-refractivity contribution in [2.75, 3.05) is 0 Å². The minimum Gasteiger partial charge on any atom is -0.338 e. The molecular formula is C27H20N2. The number of terminal acetylenes is 1. The van der Waals surface area contributed by atoms with Crippen molar-refractivity contribution in [3.05, 3.63) is 89.5 Å². The summed E-state index contributed by atoms with van der Waals surface area (Å²) in [5.41, 5.74) is 8.81. The lowest BCUT2D eigenvalue weighted by Crippen LogP contribution is -1.90. The van der Waals surface area contributed by atoms with Crippen LogP contribution in [-0.2, 0) is 0 Å². The Morgan fingerprint density at radius 3 is 2.45 bits per heavy atom. The van der Waals surface area contributed by atoms with Crippen LogP contribution in [0.25, 0.3) is 44.3 Å². The highest BCUT2D eigenvalue weighted by atomic mass is 14.9. The van der Waals surface area contributed by atoms with Crippen LogP contribution >= 0.6 is 0 Å². The predicted molar refractivity (Wildman–Crippen MR) is 122 cm³/mol. The maximum absolute atomic E-state index is 5.54. The van der Waals surface area contributed by atoms with Gasteiger partial charge in [-0.3, -0.25) is 0 Å². The molecule has 5 aromatic rings. The van der Waals surface area contributed by atoms with Crippen molar-refractivity contribution in [3.8, 4) is 34.9 Å². The maximum atomic E-state index is 5.54. The summed E-state index contributed by atoms with van der Waals surface area (Å²) in [7, 11) is 0. The second-order valence-electron chi connectivity index (χ2n) is 7.42. The Morgan fingerprint density at radius 1 is 0.862 bits per heavy atom. The van der Waals surface area contributed by atoms with Gasteiger partial charge in [0.2, 0.25) is 0 Å². The van der Waals surface area contributed by atoms with Crippen molar-refractivity contribution >= 4 is 21.8 Å². The number of nitrogens with zero attached hydrogens (tertiary/aromatic N) is 1. The Hall–Kier alpha value is -3.83. The van der Waals surface area contributed by atoms with E-state index < -0.39 is 0 Å². The quantitative estimate of drug-likeness (QED) is 0.345. The number of nitrogens with one attached hydrogen (secondary N) is 1. The summed E-state index contributed by atoms with van der Waals surface area (Å²) in [6, 6.07) is 25.2. The van der Waals surface area contributed by atoms with E-state index in [1.54, 1.807) is 0 Å². The Bertz CT molecular complexity index is 1410. The number of aromatic nitrogens is 2. The molecule has 0 unspecified atom stereocenters. The zero-order valence-electron chi connectivity index (χ0n) is 16.5. The number of imidazole rings is 1. The van der Waals surface area contributed by atoms with Crippen molar-refractivity contribution in [2.45, 2.75) is 13.8 Å². The van der Waals surface area contributed by atoms with Gasteiger partial charge in [-0.2, -0.15) is 0 Å². The van der Waals surface area contributed by atoms with Crippen LogP contribution in [0.1, 0.15) is 16.7 Å². The molecule has 29 heavy (non-hydrogen) atoms. The first-order chi connectivity index (χ1) is 14.2. The Kier molecular flexibility index (Phi) is 3.96. The molecule has 0 fully saturated rings. The lowest BCUT2D eigenvalue weighted by atomic mass is 9.93. The SMILES string of the molecule is C#Cc1ccc(-c2ccc3ccccc3c2-c2nc3c(C)c(C)ccc3[nH]2)cc1. The average molecular weight is 372 g/mol. The third-order valence-electron chi connectivity index (χ3n) is 5.71. The fraction of sp³-hybridized carbons (Fsp3) is 0.0741. The van der Waals surface area contributed by atoms with Crippen LogP contribution in [0.15, 0.2) is 72.8 Å². The van der Waals surface area contributed by atoms with Gasteiger partial charge in [0.05, 0.1) is 11.0 Å². The van der Waals surface area contributed by atoms with Gasteiger partial charge in [-0.1, -0.05) is 60.5 Å². The van der Waals surface area contributed by atoms with Crippen molar-refractivity contribution in [3.63, 3.8) is 0 Å². The first-order valence-corrected chi connectivity index (χ1v) is 9.71. The molecule has 0 aliphatic heterocycles. The summed E-state index contributed by atoms with van der Waals surface area (Å²) >= 11 is 0. The Morgan fingerprint density at radius 2 is 1.66 bits per heavy atom. The standard InChI is InChI=1S/C27H20N2/c1-4-19-10-12-21(13-11-19)23-15-14-20-7-5-6-8-22(20)25(23)27-28-24-16-9-17(2)18(3)26(24)29-27/h1,5-16H,2-3H3,(H,28,29). The fourth-order valence-electron chi connectivity index (χ4n) is 3.94. The summed E-state index contributed by atoms with van der Waals surface area (Å²) in [5.74, 6) is 3.58. The van der Waals surface area contributed by atoms with Crippen LogP contribution in [0, 0.1) is 26.2 Å². The van der Waals surface area contributed by atoms with E-state index in [1.807, 2.05) is 12.1 Å². The van der Waals surface area contributed by atoms with Crippen molar-refractivity contribution in [2.24, 2.45) is 0 Å².